The smallest absolute Gasteiger partial charge is 0.291 e. The van der Waals surface area contributed by atoms with Gasteiger partial charge in [-0.25, -0.2) is 4.39 Å². The topological polar surface area (TPSA) is 98.4 Å². The summed E-state index contributed by atoms with van der Waals surface area (Å²) in [5, 5.41) is 9.35. The van der Waals surface area contributed by atoms with Crippen LogP contribution < -0.4 is 15.4 Å². The number of benzene rings is 1. The van der Waals surface area contributed by atoms with E-state index in [2.05, 4.69) is 15.7 Å². The second kappa shape index (κ2) is 8.78. The van der Waals surface area contributed by atoms with Gasteiger partial charge in [0.2, 0.25) is 0 Å². The lowest BCUT2D eigenvalue weighted by atomic mass is 10.3. The number of nitrogens with one attached hydrogen (secondary N) is 2. The van der Waals surface area contributed by atoms with Crippen LogP contribution in [-0.2, 0) is 13.2 Å². The molecule has 29 heavy (non-hydrogen) atoms. The van der Waals surface area contributed by atoms with Crippen LogP contribution in [0.4, 0.5) is 10.1 Å². The average molecular weight is 421 g/mol. The number of aromatic nitrogens is 2. The maximum atomic E-state index is 13.1. The average Bonchev–Trinajstić information content (AvgIpc) is 3.33. The van der Waals surface area contributed by atoms with Crippen molar-refractivity contribution in [3.05, 3.63) is 64.6 Å². The Balaban J connectivity index is 1.68. The van der Waals surface area contributed by atoms with E-state index in [1.54, 1.807) is 12.3 Å². The summed E-state index contributed by atoms with van der Waals surface area (Å²) in [6.07, 6.45) is 1.56. The maximum Gasteiger partial charge on any atom is 0.291 e. The highest BCUT2D eigenvalue weighted by Gasteiger charge is 2.20. The van der Waals surface area contributed by atoms with E-state index in [-0.39, 0.29) is 34.5 Å². The molecule has 0 aliphatic carbocycles. The molecule has 152 valence electrons. The van der Waals surface area contributed by atoms with Crippen molar-refractivity contribution < 1.29 is 23.1 Å². The normalized spacial score (nSPS) is 10.6. The molecule has 0 aliphatic rings. The monoisotopic (exact) mass is 420 g/mol. The molecule has 0 spiro atoms. The number of carbonyl (C=O) groups excluding carboxylic acids is 2. The van der Waals surface area contributed by atoms with Crippen LogP contribution >= 0.6 is 11.6 Å². The van der Waals surface area contributed by atoms with Crippen LogP contribution in [-0.4, -0.2) is 28.6 Å². The summed E-state index contributed by atoms with van der Waals surface area (Å²) in [5.74, 6) is -0.749. The largest absolute Gasteiger partial charge is 0.484 e. The van der Waals surface area contributed by atoms with E-state index >= 15 is 0 Å². The van der Waals surface area contributed by atoms with Gasteiger partial charge in [-0.3, -0.25) is 14.3 Å². The number of nitrogens with zero attached hydrogens (tertiary/aromatic N) is 2. The molecule has 0 fully saturated rings. The Morgan fingerprint density at radius 1 is 1.28 bits per heavy atom. The van der Waals surface area contributed by atoms with Crippen molar-refractivity contribution in [3.8, 4) is 5.75 Å². The van der Waals surface area contributed by atoms with Crippen LogP contribution in [0.15, 0.2) is 40.9 Å². The third kappa shape index (κ3) is 4.75. The van der Waals surface area contributed by atoms with Gasteiger partial charge in [0.1, 0.15) is 23.9 Å². The van der Waals surface area contributed by atoms with Gasteiger partial charge in [0.15, 0.2) is 11.5 Å². The molecule has 2 heterocycles. The molecular formula is C19H18ClFN4O4. The molecule has 10 heteroatoms. The SMILES string of the molecule is CCn1cc(NC(=O)c2ccc(COc3ccc(F)cc3Cl)o2)c(C(=O)NC)n1. The molecule has 3 aromatic rings. The fourth-order valence-corrected chi connectivity index (χ4v) is 2.69. The molecule has 1 aromatic carbocycles. The lowest BCUT2D eigenvalue weighted by Crippen LogP contribution is -2.21. The third-order valence-corrected chi connectivity index (χ3v) is 4.22. The van der Waals surface area contributed by atoms with Crippen molar-refractivity contribution >= 4 is 29.1 Å². The summed E-state index contributed by atoms with van der Waals surface area (Å²) >= 11 is 5.91. The van der Waals surface area contributed by atoms with Crippen LogP contribution in [0.1, 0.15) is 33.7 Å². The van der Waals surface area contributed by atoms with E-state index in [4.69, 9.17) is 20.8 Å². The molecule has 0 saturated heterocycles. The number of amides is 2. The van der Waals surface area contributed by atoms with E-state index in [0.29, 0.717) is 12.3 Å². The zero-order valence-corrected chi connectivity index (χ0v) is 16.4. The lowest BCUT2D eigenvalue weighted by molar-refractivity contribution is 0.0958. The standard InChI is InChI=1S/C19H18ClFN4O4/c1-3-25-9-14(17(24-25)19(27)22-2)23-18(26)16-7-5-12(29-16)10-28-15-6-4-11(21)8-13(15)20/h4-9H,3,10H2,1-2H3,(H,22,27)(H,23,26). The first-order valence-electron chi connectivity index (χ1n) is 8.68. The molecule has 2 aromatic heterocycles. The number of hydrogen-bond donors (Lipinski definition) is 2. The fourth-order valence-electron chi connectivity index (χ4n) is 2.46. The van der Waals surface area contributed by atoms with Gasteiger partial charge in [0.05, 0.1) is 10.7 Å². The van der Waals surface area contributed by atoms with E-state index in [1.807, 2.05) is 6.92 Å². The number of aryl methyl sites for hydroxylation is 1. The minimum absolute atomic E-state index is 0.00408. The zero-order chi connectivity index (χ0) is 21.0. The molecule has 0 saturated carbocycles. The molecule has 0 bridgehead atoms. The van der Waals surface area contributed by atoms with Gasteiger partial charge in [-0.15, -0.1) is 0 Å². The number of carbonyl (C=O) groups is 2. The molecule has 0 atom stereocenters. The van der Waals surface area contributed by atoms with Gasteiger partial charge in [0.25, 0.3) is 11.8 Å². The number of furan rings is 1. The van der Waals surface area contributed by atoms with Crippen LogP contribution in [0.3, 0.4) is 0 Å². The van der Waals surface area contributed by atoms with E-state index in [9.17, 15) is 14.0 Å². The van der Waals surface area contributed by atoms with Gasteiger partial charge < -0.3 is 19.8 Å². The Morgan fingerprint density at radius 3 is 2.76 bits per heavy atom. The van der Waals surface area contributed by atoms with Crippen molar-refractivity contribution in [3.63, 3.8) is 0 Å². The highest BCUT2D eigenvalue weighted by Crippen LogP contribution is 2.26. The minimum Gasteiger partial charge on any atom is -0.484 e. The van der Waals surface area contributed by atoms with Gasteiger partial charge in [0, 0.05) is 19.8 Å². The van der Waals surface area contributed by atoms with Crippen LogP contribution in [0, 0.1) is 5.82 Å². The maximum absolute atomic E-state index is 13.1. The van der Waals surface area contributed by atoms with E-state index in [1.165, 1.54) is 29.9 Å². The molecule has 3 rings (SSSR count). The molecule has 8 nitrogen and oxygen atoms in total. The van der Waals surface area contributed by atoms with E-state index < -0.39 is 17.6 Å². The molecule has 2 amide bonds. The Bertz CT molecular complexity index is 1050. The highest BCUT2D eigenvalue weighted by molar-refractivity contribution is 6.32. The Kier molecular flexibility index (Phi) is 6.18. The number of ether oxygens (including phenoxy) is 1. The highest BCUT2D eigenvalue weighted by atomic mass is 35.5. The molecule has 0 aliphatic heterocycles. The predicted molar refractivity (Wildman–Crippen MR) is 104 cm³/mol. The Hall–Kier alpha value is -3.33. The van der Waals surface area contributed by atoms with Crippen LogP contribution in [0.25, 0.3) is 0 Å². The molecule has 0 radical (unpaired) electrons. The quantitative estimate of drug-likeness (QED) is 0.609. The summed E-state index contributed by atoms with van der Waals surface area (Å²) in [6, 6.07) is 6.81. The van der Waals surface area contributed by atoms with Crippen molar-refractivity contribution in [1.29, 1.82) is 0 Å². The van der Waals surface area contributed by atoms with Crippen molar-refractivity contribution in [2.45, 2.75) is 20.1 Å². The predicted octanol–water partition coefficient (Wildman–Crippen LogP) is 3.48. The second-order valence-corrected chi connectivity index (χ2v) is 6.32. The summed E-state index contributed by atoms with van der Waals surface area (Å²) in [5.41, 5.74) is 0.368. The first-order chi connectivity index (χ1) is 13.9. The number of rotatable bonds is 7. The fraction of sp³-hybridized carbons (Fsp3) is 0.211. The zero-order valence-electron chi connectivity index (χ0n) is 15.7. The number of hydrogen-bond acceptors (Lipinski definition) is 5. The first kappa shape index (κ1) is 20.4. The van der Waals surface area contributed by atoms with Gasteiger partial charge in [-0.2, -0.15) is 5.10 Å². The van der Waals surface area contributed by atoms with Gasteiger partial charge in [-0.05, 0) is 37.3 Å². The first-order valence-corrected chi connectivity index (χ1v) is 9.06. The number of anilines is 1. The second-order valence-electron chi connectivity index (χ2n) is 5.91. The number of halogens is 2. The third-order valence-electron chi connectivity index (χ3n) is 3.93. The van der Waals surface area contributed by atoms with E-state index in [0.717, 1.165) is 6.07 Å². The summed E-state index contributed by atoms with van der Waals surface area (Å²) < 4.78 is 25.6. The summed E-state index contributed by atoms with van der Waals surface area (Å²) in [6.45, 7) is 2.39. The minimum atomic E-state index is -0.545. The Morgan fingerprint density at radius 2 is 2.07 bits per heavy atom. The van der Waals surface area contributed by atoms with Crippen molar-refractivity contribution in [2.75, 3.05) is 12.4 Å². The molecule has 2 N–H and O–H groups in total. The lowest BCUT2D eigenvalue weighted by Gasteiger charge is -2.06. The van der Waals surface area contributed by atoms with Crippen LogP contribution in [0.5, 0.6) is 5.75 Å². The Labute approximate surface area is 170 Å². The van der Waals surface area contributed by atoms with Gasteiger partial charge >= 0.3 is 0 Å². The molecular weight excluding hydrogens is 403 g/mol. The summed E-state index contributed by atoms with van der Waals surface area (Å²) in [7, 11) is 1.48. The van der Waals surface area contributed by atoms with Crippen LogP contribution in [0.2, 0.25) is 5.02 Å². The summed E-state index contributed by atoms with van der Waals surface area (Å²) in [4.78, 5) is 24.4. The molecule has 0 unspecified atom stereocenters. The van der Waals surface area contributed by atoms with Gasteiger partial charge in [-0.1, -0.05) is 11.6 Å². The van der Waals surface area contributed by atoms with Crippen molar-refractivity contribution in [1.82, 2.24) is 15.1 Å². The van der Waals surface area contributed by atoms with Crippen molar-refractivity contribution in [2.24, 2.45) is 0 Å².